The third-order valence-corrected chi connectivity index (χ3v) is 1.72. The van der Waals surface area contributed by atoms with Gasteiger partial charge in [-0.2, -0.15) is 0 Å². The second kappa shape index (κ2) is 6.40. The van der Waals surface area contributed by atoms with E-state index in [4.69, 9.17) is 4.74 Å². The Balaban J connectivity index is 3.33. The molecule has 0 fully saturated rings. The van der Waals surface area contributed by atoms with Gasteiger partial charge in [-0.25, -0.2) is 0 Å². The molecule has 0 bridgehead atoms. The van der Waals surface area contributed by atoms with Crippen LogP contribution in [-0.2, 0) is 4.74 Å². The molecule has 0 spiro atoms. The smallest absolute Gasteiger partial charge is 0.0864 e. The highest BCUT2D eigenvalue weighted by Crippen LogP contribution is 2.07. The highest BCUT2D eigenvalue weighted by Gasteiger charge is 2.18. The molecule has 0 amide bonds. The molecule has 0 saturated heterocycles. The fraction of sp³-hybridized carbons (Fsp3) is 1.00. The van der Waals surface area contributed by atoms with Crippen molar-refractivity contribution in [1.29, 1.82) is 0 Å². The number of hydrogen-bond donors (Lipinski definition) is 2. The van der Waals surface area contributed by atoms with E-state index in [1.807, 2.05) is 0 Å². The lowest BCUT2D eigenvalue weighted by molar-refractivity contribution is -0.0220. The van der Waals surface area contributed by atoms with E-state index in [-0.39, 0.29) is 0 Å². The van der Waals surface area contributed by atoms with E-state index in [9.17, 15) is 5.11 Å². The van der Waals surface area contributed by atoms with Gasteiger partial charge < -0.3 is 15.2 Å². The average Bonchev–Trinajstić information content (AvgIpc) is 1.98. The molecule has 0 rings (SSSR count). The van der Waals surface area contributed by atoms with Crippen LogP contribution in [0.5, 0.6) is 0 Å². The van der Waals surface area contributed by atoms with Gasteiger partial charge in [0.2, 0.25) is 0 Å². The van der Waals surface area contributed by atoms with Gasteiger partial charge in [0, 0.05) is 7.11 Å². The first-order valence-electron chi connectivity index (χ1n) is 4.54. The van der Waals surface area contributed by atoms with Crippen LogP contribution in [0.2, 0.25) is 0 Å². The lowest BCUT2D eigenvalue weighted by Gasteiger charge is -2.22. The molecule has 0 aliphatic carbocycles. The molecule has 0 aliphatic heterocycles. The number of aliphatic hydroxyl groups is 1. The molecule has 1 atom stereocenters. The predicted octanol–water partition coefficient (Wildman–Crippen LogP) is 0.773. The summed E-state index contributed by atoms with van der Waals surface area (Å²) in [7, 11) is 1.61. The monoisotopic (exact) mass is 175 g/mol. The number of rotatable bonds is 7. The summed E-state index contributed by atoms with van der Waals surface area (Å²) in [6.45, 7) is 6.19. The van der Waals surface area contributed by atoms with Crippen molar-refractivity contribution in [3.8, 4) is 0 Å². The zero-order valence-electron chi connectivity index (χ0n) is 8.39. The second-order valence-corrected chi connectivity index (χ2v) is 3.43. The highest BCUT2D eigenvalue weighted by molar-refractivity contribution is 4.72. The Bertz CT molecular complexity index is 105. The van der Waals surface area contributed by atoms with E-state index in [1.54, 1.807) is 14.0 Å². The van der Waals surface area contributed by atoms with Gasteiger partial charge in [-0.1, -0.05) is 6.92 Å². The maximum Gasteiger partial charge on any atom is 0.0864 e. The molecule has 2 N–H and O–H groups in total. The lowest BCUT2D eigenvalue weighted by Crippen LogP contribution is -2.34. The molecule has 0 saturated carbocycles. The quantitative estimate of drug-likeness (QED) is 0.562. The van der Waals surface area contributed by atoms with Crippen LogP contribution in [0.1, 0.15) is 26.7 Å². The second-order valence-electron chi connectivity index (χ2n) is 3.43. The van der Waals surface area contributed by atoms with Gasteiger partial charge in [-0.15, -0.1) is 0 Å². The first-order chi connectivity index (χ1) is 5.62. The summed E-state index contributed by atoms with van der Waals surface area (Å²) in [5.41, 5.74) is -0.685. The fourth-order valence-corrected chi connectivity index (χ4v) is 1.04. The summed E-state index contributed by atoms with van der Waals surface area (Å²) in [6, 6.07) is 0. The summed E-state index contributed by atoms with van der Waals surface area (Å²) in [5.74, 6) is 0. The Labute approximate surface area is 75.1 Å². The topological polar surface area (TPSA) is 41.5 Å². The van der Waals surface area contributed by atoms with E-state index in [0.29, 0.717) is 6.61 Å². The third-order valence-electron chi connectivity index (χ3n) is 1.72. The summed E-state index contributed by atoms with van der Waals surface area (Å²) >= 11 is 0. The molecule has 0 aromatic carbocycles. The standard InChI is InChI=1S/C9H21NO2/c1-4-6-10-7-5-9(2,11)8-12-3/h10-11H,4-8H2,1-3H3. The number of hydrogen-bond acceptors (Lipinski definition) is 3. The van der Waals surface area contributed by atoms with Crippen LogP contribution >= 0.6 is 0 Å². The van der Waals surface area contributed by atoms with Gasteiger partial charge in [0.15, 0.2) is 0 Å². The van der Waals surface area contributed by atoms with Crippen LogP contribution in [0.3, 0.4) is 0 Å². The largest absolute Gasteiger partial charge is 0.388 e. The van der Waals surface area contributed by atoms with Crippen LogP contribution in [0.4, 0.5) is 0 Å². The maximum atomic E-state index is 9.65. The number of nitrogens with one attached hydrogen (secondary N) is 1. The van der Waals surface area contributed by atoms with Crippen molar-refractivity contribution in [2.45, 2.75) is 32.3 Å². The molecular weight excluding hydrogens is 154 g/mol. The van der Waals surface area contributed by atoms with Gasteiger partial charge in [-0.05, 0) is 32.9 Å². The van der Waals surface area contributed by atoms with Crippen LogP contribution in [0, 0.1) is 0 Å². The van der Waals surface area contributed by atoms with Crippen LogP contribution in [0.25, 0.3) is 0 Å². The number of ether oxygens (including phenoxy) is 1. The molecule has 0 radical (unpaired) electrons. The maximum absolute atomic E-state index is 9.65. The van der Waals surface area contributed by atoms with Crippen molar-refractivity contribution < 1.29 is 9.84 Å². The van der Waals surface area contributed by atoms with E-state index < -0.39 is 5.60 Å². The predicted molar refractivity (Wildman–Crippen MR) is 50.3 cm³/mol. The summed E-state index contributed by atoms with van der Waals surface area (Å²) in [6.07, 6.45) is 1.87. The molecule has 1 unspecified atom stereocenters. The van der Waals surface area contributed by atoms with Crippen molar-refractivity contribution in [2.24, 2.45) is 0 Å². The molecule has 0 aliphatic rings. The Kier molecular flexibility index (Phi) is 6.34. The van der Waals surface area contributed by atoms with Gasteiger partial charge in [0.05, 0.1) is 12.2 Å². The van der Waals surface area contributed by atoms with E-state index in [2.05, 4.69) is 12.2 Å². The van der Waals surface area contributed by atoms with E-state index in [1.165, 1.54) is 0 Å². The first kappa shape index (κ1) is 11.9. The van der Waals surface area contributed by atoms with Gasteiger partial charge in [0.25, 0.3) is 0 Å². The fourth-order valence-electron chi connectivity index (χ4n) is 1.04. The normalized spacial score (nSPS) is 16.0. The van der Waals surface area contributed by atoms with Crippen LogP contribution in [0.15, 0.2) is 0 Å². The van der Waals surface area contributed by atoms with Crippen molar-refractivity contribution >= 4 is 0 Å². The summed E-state index contributed by atoms with van der Waals surface area (Å²) in [4.78, 5) is 0. The zero-order chi connectivity index (χ0) is 9.45. The molecule has 74 valence electrons. The van der Waals surface area contributed by atoms with Crippen molar-refractivity contribution in [1.82, 2.24) is 5.32 Å². The molecule has 12 heavy (non-hydrogen) atoms. The highest BCUT2D eigenvalue weighted by atomic mass is 16.5. The molecule has 3 heteroatoms. The number of methoxy groups -OCH3 is 1. The van der Waals surface area contributed by atoms with Crippen molar-refractivity contribution in [3.05, 3.63) is 0 Å². The average molecular weight is 175 g/mol. The third kappa shape index (κ3) is 6.58. The minimum Gasteiger partial charge on any atom is -0.388 e. The molecule has 0 aromatic heterocycles. The summed E-state index contributed by atoms with van der Waals surface area (Å²) < 4.78 is 4.89. The SMILES string of the molecule is CCCNCCC(C)(O)COC. The molecular formula is C9H21NO2. The van der Waals surface area contributed by atoms with Crippen molar-refractivity contribution in [2.75, 3.05) is 26.8 Å². The van der Waals surface area contributed by atoms with Crippen molar-refractivity contribution in [3.63, 3.8) is 0 Å². The van der Waals surface area contributed by atoms with Gasteiger partial charge >= 0.3 is 0 Å². The minimum absolute atomic E-state index is 0.404. The minimum atomic E-state index is -0.685. The Morgan fingerprint density at radius 3 is 2.58 bits per heavy atom. The Morgan fingerprint density at radius 1 is 1.42 bits per heavy atom. The van der Waals surface area contributed by atoms with Gasteiger partial charge in [-0.3, -0.25) is 0 Å². The van der Waals surface area contributed by atoms with Crippen LogP contribution < -0.4 is 5.32 Å². The Morgan fingerprint density at radius 2 is 2.08 bits per heavy atom. The van der Waals surface area contributed by atoms with E-state index in [0.717, 1.165) is 25.9 Å². The van der Waals surface area contributed by atoms with E-state index >= 15 is 0 Å². The first-order valence-corrected chi connectivity index (χ1v) is 4.54. The zero-order valence-corrected chi connectivity index (χ0v) is 8.39. The molecule has 0 heterocycles. The summed E-state index contributed by atoms with van der Waals surface area (Å²) in [5, 5.41) is 12.9. The molecule has 0 aromatic rings. The Hall–Kier alpha value is -0.120. The molecule has 3 nitrogen and oxygen atoms in total. The lowest BCUT2D eigenvalue weighted by atomic mass is 10.0. The van der Waals surface area contributed by atoms with Gasteiger partial charge in [0.1, 0.15) is 0 Å². The van der Waals surface area contributed by atoms with Crippen LogP contribution in [-0.4, -0.2) is 37.5 Å².